The Balaban J connectivity index is 2.13. The summed E-state index contributed by atoms with van der Waals surface area (Å²) in [6.45, 7) is 1.82. The van der Waals surface area contributed by atoms with E-state index >= 15 is 0 Å². The molecule has 3 aromatic carbocycles. The van der Waals surface area contributed by atoms with Crippen LogP contribution < -0.4 is 11.1 Å². The number of amides is 1. The molecule has 26 heavy (non-hydrogen) atoms. The number of fused-ring (bicyclic) bond motifs is 1. The highest BCUT2D eigenvalue weighted by Crippen LogP contribution is 2.37. The number of hydrogen-bond donors (Lipinski definition) is 4. The number of aromatic hydroxyl groups is 1. The average molecular weight is 372 g/mol. The van der Waals surface area contributed by atoms with Crippen molar-refractivity contribution in [3.63, 3.8) is 0 Å². The van der Waals surface area contributed by atoms with Crippen LogP contribution in [-0.4, -0.2) is 24.0 Å². The molecule has 0 aromatic heterocycles. The van der Waals surface area contributed by atoms with Crippen LogP contribution in [0.15, 0.2) is 53.4 Å². The molecule has 5 N–H and O–H groups in total. The molecule has 0 unspecified atom stereocenters. The number of rotatable bonds is 3. The fraction of sp³-hybridized carbons (Fsp3) is 0.0556. The Morgan fingerprint density at radius 1 is 1.12 bits per heavy atom. The third-order valence-corrected chi connectivity index (χ3v) is 4.85. The van der Waals surface area contributed by atoms with Gasteiger partial charge >= 0.3 is 0 Å². The maximum atomic E-state index is 12.6. The van der Waals surface area contributed by atoms with Gasteiger partial charge in [0.1, 0.15) is 10.6 Å². The van der Waals surface area contributed by atoms with Crippen molar-refractivity contribution in [3.05, 3.63) is 59.7 Å². The molecule has 1 amide bonds. The summed E-state index contributed by atoms with van der Waals surface area (Å²) >= 11 is 0. The molecular formula is C18H16N2O5S. The molecule has 3 rings (SSSR count). The van der Waals surface area contributed by atoms with Crippen LogP contribution in [0.25, 0.3) is 10.8 Å². The maximum Gasteiger partial charge on any atom is 0.298 e. The molecule has 0 heterocycles. The van der Waals surface area contributed by atoms with Crippen molar-refractivity contribution in [1.82, 2.24) is 0 Å². The van der Waals surface area contributed by atoms with Crippen LogP contribution in [0.5, 0.6) is 5.75 Å². The molecular weight excluding hydrogens is 356 g/mol. The number of anilines is 2. The number of phenolic OH excluding ortho intramolecular Hbond substituents is 1. The molecule has 0 atom stereocenters. The molecule has 0 spiro atoms. The van der Waals surface area contributed by atoms with Crippen LogP contribution in [0.2, 0.25) is 0 Å². The Morgan fingerprint density at radius 3 is 2.54 bits per heavy atom. The molecule has 0 saturated carbocycles. The molecule has 0 bridgehead atoms. The highest BCUT2D eigenvalue weighted by molar-refractivity contribution is 7.86. The second-order valence-electron chi connectivity index (χ2n) is 5.84. The summed E-state index contributed by atoms with van der Waals surface area (Å²) in [5.41, 5.74) is 7.43. The third kappa shape index (κ3) is 3.19. The Hall–Kier alpha value is -3.10. The third-order valence-electron chi connectivity index (χ3n) is 3.96. The van der Waals surface area contributed by atoms with Gasteiger partial charge in [-0.3, -0.25) is 9.35 Å². The average Bonchev–Trinajstić information content (AvgIpc) is 2.56. The quantitative estimate of drug-likeness (QED) is 0.413. The molecule has 8 heteroatoms. The van der Waals surface area contributed by atoms with Crippen molar-refractivity contribution >= 4 is 38.2 Å². The predicted molar refractivity (Wildman–Crippen MR) is 99.0 cm³/mol. The van der Waals surface area contributed by atoms with E-state index in [-0.39, 0.29) is 22.3 Å². The maximum absolute atomic E-state index is 12.6. The molecule has 0 aliphatic heterocycles. The van der Waals surface area contributed by atoms with E-state index in [0.717, 1.165) is 11.6 Å². The standard InChI is InChI=1S/C18H16N2O5S/c1-10-5-7-13(19)12(9-10)18(22)20-14-4-2-3-11-6-8-15(26(23,24)25)17(21)16(11)14/h2-9,21H,19H2,1H3,(H,20,22)(H,23,24,25). The van der Waals surface area contributed by atoms with Crippen molar-refractivity contribution < 1.29 is 22.9 Å². The Kier molecular flexibility index (Phi) is 4.31. The van der Waals surface area contributed by atoms with Crippen LogP contribution >= 0.6 is 0 Å². The monoisotopic (exact) mass is 372 g/mol. The minimum atomic E-state index is -4.62. The van der Waals surface area contributed by atoms with Crippen molar-refractivity contribution in [2.45, 2.75) is 11.8 Å². The second-order valence-corrected chi connectivity index (χ2v) is 7.23. The number of nitrogen functional groups attached to an aromatic ring is 1. The number of hydrogen-bond acceptors (Lipinski definition) is 5. The van der Waals surface area contributed by atoms with Gasteiger partial charge in [0.15, 0.2) is 0 Å². The number of phenols is 1. The normalized spacial score (nSPS) is 11.5. The van der Waals surface area contributed by atoms with Crippen molar-refractivity contribution in [2.75, 3.05) is 11.1 Å². The van der Waals surface area contributed by atoms with Crippen LogP contribution in [0.1, 0.15) is 15.9 Å². The zero-order valence-corrected chi connectivity index (χ0v) is 14.5. The van der Waals surface area contributed by atoms with E-state index in [4.69, 9.17) is 5.73 Å². The summed E-state index contributed by atoms with van der Waals surface area (Å²) in [6, 6.07) is 12.3. The lowest BCUT2D eigenvalue weighted by molar-refractivity contribution is 0.102. The first kappa shape index (κ1) is 17.7. The van der Waals surface area contributed by atoms with Gasteiger partial charge in [-0.2, -0.15) is 8.42 Å². The fourth-order valence-electron chi connectivity index (χ4n) is 2.71. The van der Waals surface area contributed by atoms with Gasteiger partial charge in [0.05, 0.1) is 11.3 Å². The lowest BCUT2D eigenvalue weighted by Crippen LogP contribution is -2.14. The smallest absolute Gasteiger partial charge is 0.298 e. The zero-order valence-electron chi connectivity index (χ0n) is 13.7. The Bertz CT molecular complexity index is 1140. The van der Waals surface area contributed by atoms with E-state index in [9.17, 15) is 22.9 Å². The van der Waals surface area contributed by atoms with Gasteiger partial charge in [-0.15, -0.1) is 0 Å². The van der Waals surface area contributed by atoms with Crippen molar-refractivity contribution in [2.24, 2.45) is 0 Å². The molecule has 7 nitrogen and oxygen atoms in total. The lowest BCUT2D eigenvalue weighted by Gasteiger charge is -2.13. The van der Waals surface area contributed by atoms with Gasteiger partial charge in [-0.25, -0.2) is 0 Å². The van der Waals surface area contributed by atoms with Crippen LogP contribution in [0, 0.1) is 6.92 Å². The molecule has 0 saturated heterocycles. The number of aryl methyl sites for hydroxylation is 1. The summed E-state index contributed by atoms with van der Waals surface area (Å²) in [4.78, 5) is 11.9. The van der Waals surface area contributed by atoms with Gasteiger partial charge in [0.2, 0.25) is 0 Å². The van der Waals surface area contributed by atoms with E-state index < -0.39 is 26.7 Å². The number of carbonyl (C=O) groups is 1. The molecule has 0 aliphatic carbocycles. The Labute approximate surface area is 149 Å². The highest BCUT2D eigenvalue weighted by atomic mass is 32.2. The van der Waals surface area contributed by atoms with E-state index in [1.807, 2.05) is 6.92 Å². The zero-order chi connectivity index (χ0) is 19.1. The van der Waals surface area contributed by atoms with Crippen LogP contribution in [-0.2, 0) is 10.1 Å². The van der Waals surface area contributed by atoms with E-state index in [1.54, 1.807) is 30.3 Å². The van der Waals surface area contributed by atoms with Crippen molar-refractivity contribution in [1.29, 1.82) is 0 Å². The van der Waals surface area contributed by atoms with Gasteiger partial charge in [0, 0.05) is 11.1 Å². The molecule has 0 fully saturated rings. The minimum Gasteiger partial charge on any atom is -0.506 e. The van der Waals surface area contributed by atoms with E-state index in [0.29, 0.717) is 5.39 Å². The first-order chi connectivity index (χ1) is 12.2. The van der Waals surface area contributed by atoms with Gasteiger partial charge < -0.3 is 16.2 Å². The summed E-state index contributed by atoms with van der Waals surface area (Å²) in [7, 11) is -4.62. The molecule has 0 aliphatic rings. The number of carbonyl (C=O) groups excluding carboxylic acids is 1. The summed E-state index contributed by atoms with van der Waals surface area (Å²) in [5, 5.41) is 13.6. The highest BCUT2D eigenvalue weighted by Gasteiger charge is 2.20. The van der Waals surface area contributed by atoms with Crippen molar-refractivity contribution in [3.8, 4) is 5.75 Å². The summed E-state index contributed by atoms with van der Waals surface area (Å²) in [5.74, 6) is -1.14. The molecule has 3 aromatic rings. The number of nitrogens with two attached hydrogens (primary N) is 1. The Morgan fingerprint density at radius 2 is 1.85 bits per heavy atom. The lowest BCUT2D eigenvalue weighted by atomic mass is 10.1. The fourth-order valence-corrected chi connectivity index (χ4v) is 3.30. The first-order valence-electron chi connectivity index (χ1n) is 7.58. The second kappa shape index (κ2) is 6.32. The van der Waals surface area contributed by atoms with Gasteiger partial charge in [-0.1, -0.05) is 29.8 Å². The predicted octanol–water partition coefficient (Wildman–Crippen LogP) is 2.94. The SMILES string of the molecule is Cc1ccc(N)c(C(=O)Nc2cccc3ccc(S(=O)(=O)O)c(O)c23)c1. The van der Waals surface area contributed by atoms with Gasteiger partial charge in [-0.05, 0) is 36.6 Å². The molecule has 0 radical (unpaired) electrons. The van der Waals surface area contributed by atoms with Gasteiger partial charge in [0.25, 0.3) is 16.0 Å². The number of benzene rings is 3. The minimum absolute atomic E-state index is 0.0993. The topological polar surface area (TPSA) is 130 Å². The van der Waals surface area contributed by atoms with Crippen LogP contribution in [0.4, 0.5) is 11.4 Å². The number of nitrogens with one attached hydrogen (secondary N) is 1. The van der Waals surface area contributed by atoms with Crippen LogP contribution in [0.3, 0.4) is 0 Å². The summed E-state index contributed by atoms with van der Waals surface area (Å²) in [6.07, 6.45) is 0. The largest absolute Gasteiger partial charge is 0.506 e. The van der Waals surface area contributed by atoms with E-state index in [2.05, 4.69) is 5.32 Å². The first-order valence-corrected chi connectivity index (χ1v) is 9.02. The molecule has 134 valence electrons. The summed E-state index contributed by atoms with van der Waals surface area (Å²) < 4.78 is 32.1. The van der Waals surface area contributed by atoms with E-state index in [1.165, 1.54) is 12.1 Å².